The van der Waals surface area contributed by atoms with Crippen molar-refractivity contribution >= 4 is 34.5 Å². The van der Waals surface area contributed by atoms with Crippen LogP contribution < -0.4 is 9.64 Å². The third-order valence-electron chi connectivity index (χ3n) is 5.62. The molecule has 1 N–H and O–H groups in total. The second kappa shape index (κ2) is 7.87. The normalized spacial score (nSPS) is 19.7. The number of aliphatic hydroxyl groups is 1. The van der Waals surface area contributed by atoms with Gasteiger partial charge in [0.05, 0.1) is 12.2 Å². The van der Waals surface area contributed by atoms with Gasteiger partial charge in [0.15, 0.2) is 11.6 Å². The quantitative estimate of drug-likeness (QED) is 0.345. The number of ketones is 1. The Morgan fingerprint density at radius 1 is 1.09 bits per heavy atom. The van der Waals surface area contributed by atoms with Crippen LogP contribution in [0, 0.1) is 11.6 Å². The smallest absolute Gasteiger partial charge is 0.300 e. The fourth-order valence-corrected chi connectivity index (χ4v) is 4.94. The first-order valence-corrected chi connectivity index (χ1v) is 10.9. The van der Waals surface area contributed by atoms with Gasteiger partial charge in [0.25, 0.3) is 11.7 Å². The lowest BCUT2D eigenvalue weighted by Crippen LogP contribution is -2.29. The van der Waals surface area contributed by atoms with E-state index < -0.39 is 29.4 Å². The molecule has 0 spiro atoms. The number of aliphatic hydroxyl groups excluding tert-OH is 1. The molecule has 8 heteroatoms. The van der Waals surface area contributed by atoms with Crippen molar-refractivity contribution in [3.63, 3.8) is 0 Å². The van der Waals surface area contributed by atoms with Gasteiger partial charge < -0.3 is 9.84 Å². The van der Waals surface area contributed by atoms with Crippen molar-refractivity contribution in [3.8, 4) is 5.75 Å². The number of ether oxygens (including phenoxy) is 1. The number of amides is 1. The van der Waals surface area contributed by atoms with E-state index in [0.717, 1.165) is 41.2 Å². The average Bonchev–Trinajstić information content (AvgIpc) is 3.42. The number of hydrogen-bond acceptors (Lipinski definition) is 5. The average molecular weight is 453 g/mol. The van der Waals surface area contributed by atoms with E-state index in [0.29, 0.717) is 17.0 Å². The number of halogens is 2. The zero-order chi connectivity index (χ0) is 22.4. The van der Waals surface area contributed by atoms with Crippen molar-refractivity contribution in [2.45, 2.75) is 18.9 Å². The molecule has 2 aromatic carbocycles. The fourth-order valence-electron chi connectivity index (χ4n) is 4.11. The van der Waals surface area contributed by atoms with Crippen LogP contribution in [0.3, 0.4) is 0 Å². The van der Waals surface area contributed by atoms with Crippen LogP contribution in [-0.2, 0) is 16.0 Å². The Morgan fingerprint density at radius 3 is 2.69 bits per heavy atom. The van der Waals surface area contributed by atoms with Crippen LogP contribution in [0.25, 0.3) is 5.76 Å². The predicted octanol–water partition coefficient (Wildman–Crippen LogP) is 4.98. The maximum atomic E-state index is 13.9. The van der Waals surface area contributed by atoms with Gasteiger partial charge in [0.1, 0.15) is 17.6 Å². The third kappa shape index (κ3) is 3.27. The SMILES string of the molecule is O=C1C(=O)N(c2ccc(F)c(F)c2)C(c2cccs2)/C1=C(/O)c1ccc2c(c1)CCCO2. The van der Waals surface area contributed by atoms with E-state index in [4.69, 9.17) is 4.74 Å². The number of rotatable bonds is 3. The highest BCUT2D eigenvalue weighted by molar-refractivity contribution is 7.10. The molecule has 3 heterocycles. The molecule has 2 aliphatic heterocycles. The van der Waals surface area contributed by atoms with Crippen molar-refractivity contribution in [3.05, 3.63) is 87.1 Å². The third-order valence-corrected chi connectivity index (χ3v) is 6.55. The topological polar surface area (TPSA) is 66.8 Å². The summed E-state index contributed by atoms with van der Waals surface area (Å²) < 4.78 is 33.0. The van der Waals surface area contributed by atoms with E-state index in [9.17, 15) is 23.5 Å². The van der Waals surface area contributed by atoms with Crippen molar-refractivity contribution in [2.75, 3.05) is 11.5 Å². The Morgan fingerprint density at radius 2 is 1.94 bits per heavy atom. The van der Waals surface area contributed by atoms with Gasteiger partial charge in [0, 0.05) is 22.2 Å². The number of carbonyl (C=O) groups is 2. The van der Waals surface area contributed by atoms with Crippen LogP contribution in [0.1, 0.15) is 28.5 Å². The van der Waals surface area contributed by atoms with Gasteiger partial charge in [-0.05, 0) is 60.2 Å². The summed E-state index contributed by atoms with van der Waals surface area (Å²) in [5.41, 5.74) is 1.23. The van der Waals surface area contributed by atoms with Gasteiger partial charge in [-0.25, -0.2) is 8.78 Å². The van der Waals surface area contributed by atoms with E-state index in [1.165, 1.54) is 17.4 Å². The standard InChI is InChI=1S/C24H17F2NO4S/c25-16-7-6-15(12-17(16)26)27-21(19-4-2-10-32-19)20(23(29)24(27)30)22(28)14-5-8-18-13(11-14)3-1-9-31-18/h2,4-8,10-12,21,28H,1,3,9H2/b22-20-. The molecule has 0 radical (unpaired) electrons. The number of benzene rings is 2. The molecule has 5 rings (SSSR count). The Hall–Kier alpha value is -3.52. The van der Waals surface area contributed by atoms with Crippen LogP contribution in [0.2, 0.25) is 0 Å². The molecular formula is C24H17F2NO4S. The number of fused-ring (bicyclic) bond motifs is 1. The molecule has 162 valence electrons. The monoisotopic (exact) mass is 453 g/mol. The molecule has 5 nitrogen and oxygen atoms in total. The second-order valence-electron chi connectivity index (χ2n) is 7.56. The molecule has 1 fully saturated rings. The molecule has 32 heavy (non-hydrogen) atoms. The first-order valence-electron chi connectivity index (χ1n) is 10.0. The fraction of sp³-hybridized carbons (Fsp3) is 0.167. The van der Waals surface area contributed by atoms with Crippen LogP contribution in [-0.4, -0.2) is 23.4 Å². The molecule has 0 saturated carbocycles. The number of anilines is 1. The van der Waals surface area contributed by atoms with Gasteiger partial charge in [-0.2, -0.15) is 0 Å². The Bertz CT molecular complexity index is 1270. The second-order valence-corrected chi connectivity index (χ2v) is 8.54. The number of thiophene rings is 1. The molecule has 1 atom stereocenters. The number of nitrogens with zero attached hydrogens (tertiary/aromatic N) is 1. The summed E-state index contributed by atoms with van der Waals surface area (Å²) >= 11 is 1.29. The van der Waals surface area contributed by atoms with Crippen LogP contribution in [0.5, 0.6) is 5.75 Å². The summed E-state index contributed by atoms with van der Waals surface area (Å²) in [4.78, 5) is 27.7. The van der Waals surface area contributed by atoms with Crippen molar-refractivity contribution < 1.29 is 28.2 Å². The molecule has 1 saturated heterocycles. The van der Waals surface area contributed by atoms with Crippen molar-refractivity contribution in [1.29, 1.82) is 0 Å². The van der Waals surface area contributed by atoms with E-state index in [1.807, 2.05) is 0 Å². The zero-order valence-electron chi connectivity index (χ0n) is 16.7. The number of hydrogen-bond donors (Lipinski definition) is 1. The lowest BCUT2D eigenvalue weighted by Gasteiger charge is -2.24. The molecule has 2 aliphatic rings. The molecule has 1 unspecified atom stereocenters. The minimum absolute atomic E-state index is 0.0299. The van der Waals surface area contributed by atoms with Gasteiger partial charge in [-0.3, -0.25) is 14.5 Å². The maximum absolute atomic E-state index is 13.9. The summed E-state index contributed by atoms with van der Waals surface area (Å²) in [6.07, 6.45) is 1.61. The van der Waals surface area contributed by atoms with Crippen LogP contribution in [0.4, 0.5) is 14.5 Å². The molecular weight excluding hydrogens is 436 g/mol. The lowest BCUT2D eigenvalue weighted by molar-refractivity contribution is -0.132. The molecule has 0 bridgehead atoms. The Kier molecular flexibility index (Phi) is 5.01. The van der Waals surface area contributed by atoms with E-state index in [1.54, 1.807) is 35.7 Å². The summed E-state index contributed by atoms with van der Waals surface area (Å²) in [5.74, 6) is -3.60. The highest BCUT2D eigenvalue weighted by Crippen LogP contribution is 2.44. The molecule has 1 aromatic heterocycles. The van der Waals surface area contributed by atoms with Crippen LogP contribution >= 0.6 is 11.3 Å². The number of aryl methyl sites for hydroxylation is 1. The first kappa shape index (κ1) is 20.4. The van der Waals surface area contributed by atoms with Crippen molar-refractivity contribution in [1.82, 2.24) is 0 Å². The van der Waals surface area contributed by atoms with E-state index in [2.05, 4.69) is 0 Å². The van der Waals surface area contributed by atoms with Gasteiger partial charge >= 0.3 is 0 Å². The largest absolute Gasteiger partial charge is 0.507 e. The van der Waals surface area contributed by atoms with Gasteiger partial charge in [0.2, 0.25) is 0 Å². The Balaban J connectivity index is 1.67. The predicted molar refractivity (Wildman–Crippen MR) is 116 cm³/mol. The lowest BCUT2D eigenvalue weighted by atomic mass is 9.97. The highest BCUT2D eigenvalue weighted by atomic mass is 32.1. The van der Waals surface area contributed by atoms with E-state index in [-0.39, 0.29) is 17.0 Å². The zero-order valence-corrected chi connectivity index (χ0v) is 17.5. The maximum Gasteiger partial charge on any atom is 0.300 e. The van der Waals surface area contributed by atoms with Crippen LogP contribution in [0.15, 0.2) is 59.5 Å². The molecule has 1 amide bonds. The van der Waals surface area contributed by atoms with Crippen molar-refractivity contribution in [2.24, 2.45) is 0 Å². The molecule has 0 aliphatic carbocycles. The number of Topliss-reactive ketones (excluding diaryl/α,β-unsaturated/α-hetero) is 1. The first-order chi connectivity index (χ1) is 15.5. The molecule has 3 aromatic rings. The highest BCUT2D eigenvalue weighted by Gasteiger charge is 2.47. The summed E-state index contributed by atoms with van der Waals surface area (Å²) in [7, 11) is 0. The minimum atomic E-state index is -1.14. The Labute approximate surface area is 186 Å². The van der Waals surface area contributed by atoms with Gasteiger partial charge in [-0.15, -0.1) is 11.3 Å². The van der Waals surface area contributed by atoms with E-state index >= 15 is 0 Å². The summed E-state index contributed by atoms with van der Waals surface area (Å²) in [6.45, 7) is 0.621. The van der Waals surface area contributed by atoms with Gasteiger partial charge in [-0.1, -0.05) is 6.07 Å². The summed E-state index contributed by atoms with van der Waals surface area (Å²) in [6, 6.07) is 10.6. The number of carbonyl (C=O) groups excluding carboxylic acids is 2. The summed E-state index contributed by atoms with van der Waals surface area (Å²) in [5, 5.41) is 12.9. The minimum Gasteiger partial charge on any atom is -0.507 e.